The number of benzene rings is 1. The molecule has 0 saturated carbocycles. The van der Waals surface area contributed by atoms with E-state index in [0.29, 0.717) is 0 Å². The van der Waals surface area contributed by atoms with Crippen LogP contribution < -0.4 is 10.6 Å². The van der Waals surface area contributed by atoms with Gasteiger partial charge in [0.1, 0.15) is 18.5 Å². The monoisotopic (exact) mass is 474 g/mol. The third-order valence-electron chi connectivity index (χ3n) is 3.90. The molecule has 0 bridgehead atoms. The molecule has 0 fully saturated rings. The van der Waals surface area contributed by atoms with Gasteiger partial charge in [-0.1, -0.05) is 6.07 Å². The van der Waals surface area contributed by atoms with Crippen LogP contribution in [0.4, 0.5) is 4.39 Å². The smallest absolute Gasteiger partial charge is 0.191 e. The van der Waals surface area contributed by atoms with Crippen LogP contribution in [0, 0.1) is 12.7 Å². The van der Waals surface area contributed by atoms with Crippen LogP contribution in [0.25, 0.3) is 0 Å². The van der Waals surface area contributed by atoms with Crippen molar-refractivity contribution in [2.45, 2.75) is 39.7 Å². The third kappa shape index (κ3) is 8.11. The van der Waals surface area contributed by atoms with Gasteiger partial charge in [-0.25, -0.2) is 4.39 Å². The molecule has 2 aromatic rings. The van der Waals surface area contributed by atoms with Gasteiger partial charge >= 0.3 is 0 Å². The van der Waals surface area contributed by atoms with Crippen molar-refractivity contribution in [1.29, 1.82) is 0 Å². The molecular weight excluding hydrogens is 446 g/mol. The molecule has 0 aliphatic rings. The lowest BCUT2D eigenvalue weighted by Crippen LogP contribution is -2.38. The Balaban J connectivity index is 0.00000338. The highest BCUT2D eigenvalue weighted by Crippen LogP contribution is 2.10. The number of rotatable bonds is 9. The summed E-state index contributed by atoms with van der Waals surface area (Å²) in [5, 5.41) is 14.2. The standard InChI is InChI=1S/C18H27FN6.HI/c1-3-20-18(21-9-4-5-11-25-13-23-24-14-25)22-10-8-16-6-7-17(19)12-15(16)2;/h6-7,12-14H,3-5,8-11H2,1-2H3,(H2,20,21,22);1H. The van der Waals surface area contributed by atoms with Crippen molar-refractivity contribution in [3.63, 3.8) is 0 Å². The Hall–Kier alpha value is -1.71. The molecule has 0 aliphatic carbocycles. The molecule has 2 N–H and O–H groups in total. The van der Waals surface area contributed by atoms with E-state index in [1.807, 2.05) is 24.5 Å². The van der Waals surface area contributed by atoms with Gasteiger partial charge in [0.05, 0.1) is 0 Å². The Labute approximate surface area is 171 Å². The van der Waals surface area contributed by atoms with Gasteiger partial charge in [-0.2, -0.15) is 0 Å². The molecule has 0 spiro atoms. The number of aromatic nitrogens is 3. The van der Waals surface area contributed by atoms with E-state index >= 15 is 0 Å². The molecule has 8 heteroatoms. The van der Waals surface area contributed by atoms with Gasteiger partial charge < -0.3 is 15.2 Å². The fourth-order valence-electron chi connectivity index (χ4n) is 2.53. The number of halogens is 2. The Morgan fingerprint density at radius 3 is 2.65 bits per heavy atom. The van der Waals surface area contributed by atoms with E-state index in [4.69, 9.17) is 0 Å². The molecule has 0 atom stereocenters. The maximum atomic E-state index is 13.1. The summed E-state index contributed by atoms with van der Waals surface area (Å²) in [6.45, 7) is 7.26. The second-order valence-electron chi connectivity index (χ2n) is 5.92. The fourth-order valence-corrected chi connectivity index (χ4v) is 2.53. The quantitative estimate of drug-likeness (QED) is 0.254. The number of nitrogens with zero attached hydrogens (tertiary/aromatic N) is 4. The van der Waals surface area contributed by atoms with Gasteiger partial charge in [-0.05, 0) is 56.4 Å². The zero-order valence-electron chi connectivity index (χ0n) is 15.4. The molecule has 0 saturated heterocycles. The molecule has 1 heterocycles. The molecule has 1 aromatic carbocycles. The first-order chi connectivity index (χ1) is 12.2. The minimum atomic E-state index is -0.185. The molecular formula is C18H28FIN6. The number of hydrogen-bond acceptors (Lipinski definition) is 3. The summed E-state index contributed by atoms with van der Waals surface area (Å²) < 4.78 is 15.1. The highest BCUT2D eigenvalue weighted by atomic mass is 127. The van der Waals surface area contributed by atoms with Crippen molar-refractivity contribution in [3.05, 3.63) is 47.8 Å². The molecule has 2 rings (SSSR count). The van der Waals surface area contributed by atoms with Crippen molar-refractivity contribution in [3.8, 4) is 0 Å². The first-order valence-electron chi connectivity index (χ1n) is 8.78. The summed E-state index contributed by atoms with van der Waals surface area (Å²) in [4.78, 5) is 4.59. The lowest BCUT2D eigenvalue weighted by molar-refractivity contribution is 0.611. The number of guanidine groups is 1. The summed E-state index contributed by atoms with van der Waals surface area (Å²) in [7, 11) is 0. The molecule has 0 unspecified atom stereocenters. The van der Waals surface area contributed by atoms with E-state index in [1.165, 1.54) is 6.07 Å². The van der Waals surface area contributed by atoms with Gasteiger partial charge in [-0.15, -0.1) is 34.2 Å². The van der Waals surface area contributed by atoms with Gasteiger partial charge in [0.25, 0.3) is 0 Å². The molecule has 0 aliphatic heterocycles. The largest absolute Gasteiger partial charge is 0.357 e. The van der Waals surface area contributed by atoms with Crippen LogP contribution in [0.1, 0.15) is 30.9 Å². The van der Waals surface area contributed by atoms with Crippen molar-refractivity contribution in [2.75, 3.05) is 19.6 Å². The number of nitrogens with one attached hydrogen (secondary N) is 2. The van der Waals surface area contributed by atoms with Gasteiger partial charge in [0, 0.05) is 26.2 Å². The average Bonchev–Trinajstić information content (AvgIpc) is 3.10. The first kappa shape index (κ1) is 22.3. The molecule has 1 aromatic heterocycles. The van der Waals surface area contributed by atoms with E-state index in [0.717, 1.165) is 62.5 Å². The molecule has 144 valence electrons. The summed E-state index contributed by atoms with van der Waals surface area (Å²) in [5.74, 6) is 0.641. The van der Waals surface area contributed by atoms with Crippen LogP contribution in [0.2, 0.25) is 0 Å². The predicted molar refractivity (Wildman–Crippen MR) is 113 cm³/mol. The lowest BCUT2D eigenvalue weighted by atomic mass is 10.1. The lowest BCUT2D eigenvalue weighted by Gasteiger charge is -2.12. The molecule has 26 heavy (non-hydrogen) atoms. The van der Waals surface area contributed by atoms with Gasteiger partial charge in [0.15, 0.2) is 5.96 Å². The SMILES string of the molecule is CCNC(=NCCCCn1cnnc1)NCCc1ccc(F)cc1C.I. The summed E-state index contributed by atoms with van der Waals surface area (Å²) >= 11 is 0. The second-order valence-corrected chi connectivity index (χ2v) is 5.92. The summed E-state index contributed by atoms with van der Waals surface area (Å²) in [6.07, 6.45) is 6.34. The minimum Gasteiger partial charge on any atom is -0.357 e. The van der Waals surface area contributed by atoms with Crippen LogP contribution in [0.3, 0.4) is 0 Å². The number of hydrogen-bond donors (Lipinski definition) is 2. The van der Waals surface area contributed by atoms with Crippen LogP contribution in [-0.2, 0) is 13.0 Å². The van der Waals surface area contributed by atoms with Crippen LogP contribution in [-0.4, -0.2) is 40.4 Å². The normalized spacial score (nSPS) is 11.1. The van der Waals surface area contributed by atoms with Crippen molar-refractivity contribution in [1.82, 2.24) is 25.4 Å². The molecule has 0 amide bonds. The van der Waals surface area contributed by atoms with Gasteiger partial charge in [-0.3, -0.25) is 4.99 Å². The maximum absolute atomic E-state index is 13.1. The molecule has 6 nitrogen and oxygen atoms in total. The number of aryl methyl sites for hydroxylation is 2. The van der Waals surface area contributed by atoms with E-state index in [9.17, 15) is 4.39 Å². The van der Waals surface area contributed by atoms with E-state index in [-0.39, 0.29) is 29.8 Å². The van der Waals surface area contributed by atoms with Crippen LogP contribution in [0.15, 0.2) is 35.8 Å². The fraction of sp³-hybridized carbons (Fsp3) is 0.500. The van der Waals surface area contributed by atoms with Crippen LogP contribution in [0.5, 0.6) is 0 Å². The van der Waals surface area contributed by atoms with Crippen LogP contribution >= 0.6 is 24.0 Å². The second kappa shape index (κ2) is 12.6. The Bertz CT molecular complexity index is 660. The maximum Gasteiger partial charge on any atom is 0.191 e. The highest BCUT2D eigenvalue weighted by Gasteiger charge is 2.02. The number of aliphatic imine (C=N–C) groups is 1. The van der Waals surface area contributed by atoms with E-state index in [2.05, 4.69) is 25.8 Å². The van der Waals surface area contributed by atoms with E-state index < -0.39 is 0 Å². The third-order valence-corrected chi connectivity index (χ3v) is 3.90. The van der Waals surface area contributed by atoms with Crippen molar-refractivity contribution in [2.24, 2.45) is 4.99 Å². The number of unbranched alkanes of at least 4 members (excludes halogenated alkanes) is 1. The summed E-state index contributed by atoms with van der Waals surface area (Å²) in [5.41, 5.74) is 2.14. The topological polar surface area (TPSA) is 67.1 Å². The van der Waals surface area contributed by atoms with Gasteiger partial charge in [0.2, 0.25) is 0 Å². The Kier molecular flexibility index (Phi) is 10.8. The molecule has 0 radical (unpaired) electrons. The van der Waals surface area contributed by atoms with E-state index in [1.54, 1.807) is 18.7 Å². The predicted octanol–water partition coefficient (Wildman–Crippen LogP) is 2.92. The average molecular weight is 474 g/mol. The van der Waals surface area contributed by atoms with Crippen molar-refractivity contribution < 1.29 is 4.39 Å². The highest BCUT2D eigenvalue weighted by molar-refractivity contribution is 14.0. The zero-order valence-corrected chi connectivity index (χ0v) is 17.7. The minimum absolute atomic E-state index is 0. The van der Waals surface area contributed by atoms with Crippen molar-refractivity contribution >= 4 is 29.9 Å². The Morgan fingerprint density at radius 2 is 1.96 bits per heavy atom. The summed E-state index contributed by atoms with van der Waals surface area (Å²) in [6, 6.07) is 4.93. The first-order valence-corrected chi connectivity index (χ1v) is 8.78. The zero-order chi connectivity index (χ0) is 17.9. The Morgan fingerprint density at radius 1 is 1.19 bits per heavy atom.